The van der Waals surface area contributed by atoms with Crippen molar-refractivity contribution in [2.45, 2.75) is 19.5 Å². The fraction of sp³-hybridized carbons (Fsp3) is 0.375. The summed E-state index contributed by atoms with van der Waals surface area (Å²) in [5.74, 6) is -0.0345. The van der Waals surface area contributed by atoms with Crippen LogP contribution in [0.1, 0.15) is 12.5 Å². The van der Waals surface area contributed by atoms with Crippen LogP contribution in [0, 0.1) is 0 Å². The largest absolute Gasteiger partial charge is 0.383 e. The number of para-hydroxylation sites is 1. The Kier molecular flexibility index (Phi) is 5.66. The van der Waals surface area contributed by atoms with E-state index in [0.717, 1.165) is 16.5 Å². The van der Waals surface area contributed by atoms with Crippen LogP contribution < -0.4 is 10.6 Å². The lowest BCUT2D eigenvalue weighted by Gasteiger charge is -2.13. The van der Waals surface area contributed by atoms with E-state index < -0.39 is 0 Å². The minimum Gasteiger partial charge on any atom is -0.383 e. The summed E-state index contributed by atoms with van der Waals surface area (Å²) in [4.78, 5) is 16.1. The maximum Gasteiger partial charge on any atom is 0.234 e. The Morgan fingerprint density at radius 1 is 1.33 bits per heavy atom. The molecule has 0 spiro atoms. The van der Waals surface area contributed by atoms with Crippen LogP contribution in [-0.2, 0) is 16.1 Å². The van der Waals surface area contributed by atoms with Crippen molar-refractivity contribution in [2.24, 2.45) is 0 Å². The van der Waals surface area contributed by atoms with Crippen LogP contribution in [0.15, 0.2) is 36.5 Å². The molecule has 5 nitrogen and oxygen atoms in total. The van der Waals surface area contributed by atoms with E-state index >= 15 is 0 Å². The first-order valence-corrected chi connectivity index (χ1v) is 7.02. The number of benzene rings is 1. The predicted octanol–water partition coefficient (Wildman–Crippen LogP) is 1.48. The van der Waals surface area contributed by atoms with E-state index in [1.165, 1.54) is 0 Å². The van der Waals surface area contributed by atoms with Gasteiger partial charge >= 0.3 is 0 Å². The normalized spacial score (nSPS) is 12.3. The SMILES string of the molecule is COCC(C)NC(=O)CNCc1cccc2cccnc12. The Morgan fingerprint density at radius 2 is 2.14 bits per heavy atom. The molecule has 0 radical (unpaired) electrons. The maximum absolute atomic E-state index is 11.7. The van der Waals surface area contributed by atoms with E-state index in [4.69, 9.17) is 4.74 Å². The van der Waals surface area contributed by atoms with Gasteiger partial charge in [0.2, 0.25) is 5.91 Å². The molecule has 2 rings (SSSR count). The number of rotatable bonds is 7. The smallest absolute Gasteiger partial charge is 0.234 e. The van der Waals surface area contributed by atoms with E-state index in [2.05, 4.69) is 15.6 Å². The van der Waals surface area contributed by atoms with Gasteiger partial charge in [0.1, 0.15) is 0 Å². The van der Waals surface area contributed by atoms with Crippen molar-refractivity contribution >= 4 is 16.8 Å². The van der Waals surface area contributed by atoms with Gasteiger partial charge in [0.15, 0.2) is 0 Å². The molecule has 1 atom stereocenters. The van der Waals surface area contributed by atoms with Crippen molar-refractivity contribution in [1.82, 2.24) is 15.6 Å². The molecule has 1 amide bonds. The molecule has 112 valence electrons. The number of pyridine rings is 1. The van der Waals surface area contributed by atoms with Crippen molar-refractivity contribution in [3.05, 3.63) is 42.1 Å². The summed E-state index contributed by atoms with van der Waals surface area (Å²) in [5.41, 5.74) is 2.06. The molecular weight excluding hydrogens is 266 g/mol. The molecule has 0 aliphatic carbocycles. The maximum atomic E-state index is 11.7. The van der Waals surface area contributed by atoms with Crippen LogP contribution in [0.2, 0.25) is 0 Å². The number of methoxy groups -OCH3 is 1. The minimum absolute atomic E-state index is 0.0172. The molecule has 5 heteroatoms. The lowest BCUT2D eigenvalue weighted by atomic mass is 10.1. The van der Waals surface area contributed by atoms with Crippen molar-refractivity contribution in [1.29, 1.82) is 0 Å². The van der Waals surface area contributed by atoms with E-state index in [0.29, 0.717) is 13.2 Å². The monoisotopic (exact) mass is 287 g/mol. The zero-order valence-corrected chi connectivity index (χ0v) is 12.4. The fourth-order valence-corrected chi connectivity index (χ4v) is 2.24. The van der Waals surface area contributed by atoms with Crippen molar-refractivity contribution in [2.75, 3.05) is 20.3 Å². The van der Waals surface area contributed by atoms with E-state index in [-0.39, 0.29) is 18.5 Å². The number of aromatic nitrogens is 1. The molecule has 1 unspecified atom stereocenters. The van der Waals surface area contributed by atoms with E-state index in [9.17, 15) is 4.79 Å². The molecule has 0 saturated carbocycles. The van der Waals surface area contributed by atoms with Crippen molar-refractivity contribution in [3.8, 4) is 0 Å². The molecule has 2 aromatic rings. The number of nitrogens with one attached hydrogen (secondary N) is 2. The Labute approximate surface area is 124 Å². The highest BCUT2D eigenvalue weighted by atomic mass is 16.5. The highest BCUT2D eigenvalue weighted by molar-refractivity contribution is 5.81. The molecular formula is C16H21N3O2. The first kappa shape index (κ1) is 15.4. The van der Waals surface area contributed by atoms with Gasteiger partial charge in [-0.15, -0.1) is 0 Å². The highest BCUT2D eigenvalue weighted by Gasteiger charge is 2.07. The quantitative estimate of drug-likeness (QED) is 0.809. The molecule has 1 heterocycles. The third kappa shape index (κ3) is 4.51. The Hall–Kier alpha value is -1.98. The second kappa shape index (κ2) is 7.71. The fourth-order valence-electron chi connectivity index (χ4n) is 2.24. The molecule has 2 N–H and O–H groups in total. The molecule has 1 aromatic heterocycles. The van der Waals surface area contributed by atoms with Gasteiger partial charge in [-0.2, -0.15) is 0 Å². The summed E-state index contributed by atoms with van der Waals surface area (Å²) in [7, 11) is 1.62. The first-order chi connectivity index (χ1) is 10.2. The second-order valence-electron chi connectivity index (χ2n) is 5.02. The summed E-state index contributed by atoms with van der Waals surface area (Å²) in [6.07, 6.45) is 1.78. The molecule has 0 bridgehead atoms. The van der Waals surface area contributed by atoms with Crippen molar-refractivity contribution < 1.29 is 9.53 Å². The van der Waals surface area contributed by atoms with Gasteiger partial charge < -0.3 is 15.4 Å². The van der Waals surface area contributed by atoms with Gasteiger partial charge in [-0.25, -0.2) is 0 Å². The number of ether oxygens (including phenoxy) is 1. The lowest BCUT2D eigenvalue weighted by molar-refractivity contribution is -0.121. The number of amides is 1. The number of hydrogen-bond donors (Lipinski definition) is 2. The number of carbonyl (C=O) groups excluding carboxylic acids is 1. The van der Waals surface area contributed by atoms with E-state index in [1.54, 1.807) is 13.3 Å². The molecule has 21 heavy (non-hydrogen) atoms. The summed E-state index contributed by atoms with van der Waals surface area (Å²) in [6, 6.07) is 10.0. The average Bonchev–Trinajstić information content (AvgIpc) is 2.47. The molecule has 0 fully saturated rings. The summed E-state index contributed by atoms with van der Waals surface area (Å²) >= 11 is 0. The first-order valence-electron chi connectivity index (χ1n) is 7.02. The van der Waals surface area contributed by atoms with Crippen LogP contribution in [-0.4, -0.2) is 37.2 Å². The van der Waals surface area contributed by atoms with Crippen LogP contribution in [0.5, 0.6) is 0 Å². The average molecular weight is 287 g/mol. The molecule has 0 aliphatic heterocycles. The van der Waals surface area contributed by atoms with Gasteiger partial charge in [0.05, 0.1) is 18.7 Å². The van der Waals surface area contributed by atoms with E-state index in [1.807, 2.05) is 37.3 Å². The van der Waals surface area contributed by atoms with Gasteiger partial charge in [0, 0.05) is 31.3 Å². The third-order valence-corrected chi connectivity index (χ3v) is 3.14. The van der Waals surface area contributed by atoms with Gasteiger partial charge in [-0.05, 0) is 18.6 Å². The zero-order chi connectivity index (χ0) is 15.1. The lowest BCUT2D eigenvalue weighted by Crippen LogP contribution is -2.40. The number of hydrogen-bond acceptors (Lipinski definition) is 4. The summed E-state index contributed by atoms with van der Waals surface area (Å²) in [5, 5.41) is 7.12. The summed E-state index contributed by atoms with van der Waals surface area (Å²) in [6.45, 7) is 3.31. The Balaban J connectivity index is 1.86. The minimum atomic E-state index is -0.0345. The Bertz CT molecular complexity index is 596. The third-order valence-electron chi connectivity index (χ3n) is 3.14. The topological polar surface area (TPSA) is 63.2 Å². The van der Waals surface area contributed by atoms with Crippen LogP contribution in [0.25, 0.3) is 10.9 Å². The van der Waals surface area contributed by atoms with Crippen LogP contribution in [0.3, 0.4) is 0 Å². The number of nitrogens with zero attached hydrogens (tertiary/aromatic N) is 1. The van der Waals surface area contributed by atoms with Crippen molar-refractivity contribution in [3.63, 3.8) is 0 Å². The molecule has 0 saturated heterocycles. The second-order valence-corrected chi connectivity index (χ2v) is 5.02. The predicted molar refractivity (Wildman–Crippen MR) is 82.9 cm³/mol. The van der Waals surface area contributed by atoms with Crippen LogP contribution >= 0.6 is 0 Å². The van der Waals surface area contributed by atoms with Gasteiger partial charge in [-0.1, -0.05) is 24.3 Å². The number of fused-ring (bicyclic) bond motifs is 1. The van der Waals surface area contributed by atoms with Crippen LogP contribution in [0.4, 0.5) is 0 Å². The standard InChI is InChI=1S/C16H21N3O2/c1-12(11-21-2)19-15(20)10-17-9-14-6-3-5-13-7-4-8-18-16(13)14/h3-8,12,17H,9-11H2,1-2H3,(H,19,20). The Morgan fingerprint density at radius 3 is 2.95 bits per heavy atom. The molecule has 1 aromatic carbocycles. The van der Waals surface area contributed by atoms with Gasteiger partial charge in [-0.3, -0.25) is 9.78 Å². The highest BCUT2D eigenvalue weighted by Crippen LogP contribution is 2.15. The summed E-state index contributed by atoms with van der Waals surface area (Å²) < 4.78 is 4.98. The van der Waals surface area contributed by atoms with Gasteiger partial charge in [0.25, 0.3) is 0 Å². The number of carbonyl (C=O) groups is 1. The molecule has 0 aliphatic rings. The zero-order valence-electron chi connectivity index (χ0n) is 12.4.